The topological polar surface area (TPSA) is 91.2 Å². The molecule has 0 amide bonds. The lowest BCUT2D eigenvalue weighted by atomic mass is 10.0. The number of rotatable bonds is 7. The van der Waals surface area contributed by atoms with Gasteiger partial charge in [0.1, 0.15) is 5.52 Å². The Bertz CT molecular complexity index is 1330. The molecular formula is C24H24ClN7O. The lowest BCUT2D eigenvalue weighted by molar-refractivity contribution is -0.119. The van der Waals surface area contributed by atoms with Crippen LogP contribution in [0.1, 0.15) is 42.9 Å². The Labute approximate surface area is 196 Å². The Kier molecular flexibility index (Phi) is 5.02. The number of Topliss-reactive ketones (excluding diaryl/α,β-unsaturated/α-hetero) is 1. The highest BCUT2D eigenvalue weighted by Gasteiger charge is 2.33. The van der Waals surface area contributed by atoms with Gasteiger partial charge in [0.05, 0.1) is 6.04 Å². The lowest BCUT2D eigenvalue weighted by Gasteiger charge is -2.24. The summed E-state index contributed by atoms with van der Waals surface area (Å²) >= 11 is 6.10. The third-order valence-corrected chi connectivity index (χ3v) is 6.62. The highest BCUT2D eigenvalue weighted by molar-refractivity contribution is 6.30. The van der Waals surface area contributed by atoms with Crippen molar-refractivity contribution in [2.24, 2.45) is 0 Å². The summed E-state index contributed by atoms with van der Waals surface area (Å²) in [5, 5.41) is 16.2. The number of nitrogens with one attached hydrogen (secondary N) is 2. The van der Waals surface area contributed by atoms with E-state index < -0.39 is 0 Å². The van der Waals surface area contributed by atoms with Gasteiger partial charge >= 0.3 is 0 Å². The number of benzene rings is 1. The minimum absolute atomic E-state index is 0.154. The van der Waals surface area contributed by atoms with Gasteiger partial charge in [-0.3, -0.25) is 9.89 Å². The van der Waals surface area contributed by atoms with Crippen molar-refractivity contribution >= 4 is 40.5 Å². The molecule has 1 aliphatic heterocycles. The Morgan fingerprint density at radius 3 is 2.94 bits per heavy atom. The number of hydrogen-bond acceptors (Lipinski definition) is 6. The van der Waals surface area contributed by atoms with Gasteiger partial charge in [0.15, 0.2) is 17.4 Å². The van der Waals surface area contributed by atoms with Crippen molar-refractivity contribution in [2.75, 3.05) is 16.8 Å². The highest BCUT2D eigenvalue weighted by Crippen LogP contribution is 2.39. The summed E-state index contributed by atoms with van der Waals surface area (Å²) in [6.07, 6.45) is 6.37. The molecule has 168 valence electrons. The number of nitrogens with zero attached hydrogens (tertiary/aromatic N) is 5. The maximum Gasteiger partial charge on any atom is 0.246 e. The monoisotopic (exact) mass is 461 g/mol. The van der Waals surface area contributed by atoms with Gasteiger partial charge in [-0.05, 0) is 55.5 Å². The van der Waals surface area contributed by atoms with E-state index in [9.17, 15) is 4.79 Å². The van der Waals surface area contributed by atoms with Crippen molar-refractivity contribution in [3.8, 4) is 0 Å². The standard InChI is InChI=1S/C24H24ClN7O/c25-17-5-1-4-15(12-17)13-21(33)19-6-2-10-31(19)24-27-23(20-7-3-11-32(20)30-24)26-22-14-18(28-29-22)16-8-9-16/h1,3-5,7,11-12,14,16,19H,2,6,8-10,13H2,(H2,26,27,28,29,30). The molecule has 2 aliphatic rings. The Morgan fingerprint density at radius 1 is 1.18 bits per heavy atom. The molecule has 6 rings (SSSR count). The van der Waals surface area contributed by atoms with Crippen LogP contribution in [0.15, 0.2) is 48.7 Å². The number of H-pyrrole nitrogens is 1. The van der Waals surface area contributed by atoms with Gasteiger partial charge in [0.2, 0.25) is 5.95 Å². The first-order valence-corrected chi connectivity index (χ1v) is 11.7. The van der Waals surface area contributed by atoms with Crippen LogP contribution in [0.25, 0.3) is 5.52 Å². The fourth-order valence-electron chi connectivity index (χ4n) is 4.57. The van der Waals surface area contributed by atoms with Crippen LogP contribution in [0.5, 0.6) is 0 Å². The van der Waals surface area contributed by atoms with E-state index in [1.807, 2.05) is 53.6 Å². The van der Waals surface area contributed by atoms with E-state index in [1.54, 1.807) is 4.52 Å². The molecule has 33 heavy (non-hydrogen) atoms. The maximum atomic E-state index is 13.2. The molecule has 2 fully saturated rings. The molecule has 1 saturated heterocycles. The summed E-state index contributed by atoms with van der Waals surface area (Å²) in [7, 11) is 0. The number of carbonyl (C=O) groups excluding carboxylic acids is 1. The van der Waals surface area contributed by atoms with Crippen molar-refractivity contribution in [3.63, 3.8) is 0 Å². The normalized spacial score (nSPS) is 18.2. The van der Waals surface area contributed by atoms with Crippen LogP contribution in [0.2, 0.25) is 5.02 Å². The zero-order valence-electron chi connectivity index (χ0n) is 18.0. The van der Waals surface area contributed by atoms with Crippen molar-refractivity contribution in [1.82, 2.24) is 24.8 Å². The van der Waals surface area contributed by atoms with E-state index in [4.69, 9.17) is 21.7 Å². The molecule has 4 heterocycles. The van der Waals surface area contributed by atoms with Crippen molar-refractivity contribution in [1.29, 1.82) is 0 Å². The van der Waals surface area contributed by atoms with Crippen LogP contribution in [0.3, 0.4) is 0 Å². The number of fused-ring (bicyclic) bond motifs is 1. The van der Waals surface area contributed by atoms with Gasteiger partial charge in [0, 0.05) is 41.9 Å². The Morgan fingerprint density at radius 2 is 2.09 bits per heavy atom. The number of halogens is 1. The summed E-state index contributed by atoms with van der Waals surface area (Å²) < 4.78 is 1.80. The summed E-state index contributed by atoms with van der Waals surface area (Å²) in [5.41, 5.74) is 2.94. The minimum Gasteiger partial charge on any atom is -0.329 e. The van der Waals surface area contributed by atoms with E-state index in [0.717, 1.165) is 42.0 Å². The van der Waals surface area contributed by atoms with E-state index in [-0.39, 0.29) is 11.8 Å². The van der Waals surface area contributed by atoms with Gasteiger partial charge in [-0.25, -0.2) is 4.52 Å². The first kappa shape index (κ1) is 20.2. The molecule has 1 aliphatic carbocycles. The van der Waals surface area contributed by atoms with Gasteiger partial charge in [-0.2, -0.15) is 10.1 Å². The quantitative estimate of drug-likeness (QED) is 0.421. The van der Waals surface area contributed by atoms with Gasteiger partial charge < -0.3 is 10.2 Å². The SMILES string of the molecule is O=C(Cc1cccc(Cl)c1)C1CCCN1c1nc(Nc2cc(C3CC3)[nH]n2)c2cccn2n1. The van der Waals surface area contributed by atoms with Crippen LogP contribution in [-0.4, -0.2) is 43.2 Å². The molecule has 1 saturated carbocycles. The van der Waals surface area contributed by atoms with Crippen molar-refractivity contribution in [3.05, 3.63) is 64.9 Å². The summed E-state index contributed by atoms with van der Waals surface area (Å²) in [4.78, 5) is 20.0. The largest absolute Gasteiger partial charge is 0.329 e. The Hall–Kier alpha value is -3.39. The number of carbonyl (C=O) groups is 1. The number of hydrogen-bond donors (Lipinski definition) is 2. The molecular weight excluding hydrogens is 438 g/mol. The third-order valence-electron chi connectivity index (χ3n) is 6.39. The first-order valence-electron chi connectivity index (χ1n) is 11.4. The second-order valence-corrected chi connectivity index (χ2v) is 9.27. The minimum atomic E-state index is -0.253. The molecule has 0 spiro atoms. The van der Waals surface area contributed by atoms with Crippen LogP contribution >= 0.6 is 11.6 Å². The fraction of sp³-hybridized carbons (Fsp3) is 0.333. The van der Waals surface area contributed by atoms with E-state index in [1.165, 1.54) is 12.8 Å². The molecule has 0 bridgehead atoms. The van der Waals surface area contributed by atoms with Crippen LogP contribution in [-0.2, 0) is 11.2 Å². The average molecular weight is 462 g/mol. The molecule has 1 aromatic carbocycles. The van der Waals surface area contributed by atoms with Crippen LogP contribution < -0.4 is 10.2 Å². The lowest BCUT2D eigenvalue weighted by Crippen LogP contribution is -2.38. The summed E-state index contributed by atoms with van der Waals surface area (Å²) in [6, 6.07) is 13.2. The number of aromatic nitrogens is 5. The predicted octanol–water partition coefficient (Wildman–Crippen LogP) is 4.51. The third kappa shape index (κ3) is 4.06. The summed E-state index contributed by atoms with van der Waals surface area (Å²) in [6.45, 7) is 0.742. The second kappa shape index (κ2) is 8.19. The second-order valence-electron chi connectivity index (χ2n) is 8.83. The average Bonchev–Trinajstić information content (AvgIpc) is 3.19. The van der Waals surface area contributed by atoms with Crippen molar-refractivity contribution < 1.29 is 4.79 Å². The molecule has 9 heteroatoms. The highest BCUT2D eigenvalue weighted by atomic mass is 35.5. The van der Waals surface area contributed by atoms with Crippen LogP contribution in [0.4, 0.5) is 17.6 Å². The fourth-order valence-corrected chi connectivity index (χ4v) is 4.78. The van der Waals surface area contributed by atoms with Gasteiger partial charge in [-0.1, -0.05) is 23.7 Å². The van der Waals surface area contributed by atoms with Gasteiger partial charge in [-0.15, -0.1) is 5.10 Å². The van der Waals surface area contributed by atoms with Crippen molar-refractivity contribution in [2.45, 2.75) is 44.1 Å². The van der Waals surface area contributed by atoms with Gasteiger partial charge in [0.25, 0.3) is 0 Å². The smallest absolute Gasteiger partial charge is 0.246 e. The predicted molar refractivity (Wildman–Crippen MR) is 127 cm³/mol. The number of aromatic amines is 1. The molecule has 4 aromatic rings. The van der Waals surface area contributed by atoms with E-state index in [0.29, 0.717) is 29.1 Å². The van der Waals surface area contributed by atoms with Crippen LogP contribution in [0, 0.1) is 0 Å². The molecule has 3 aromatic heterocycles. The zero-order valence-corrected chi connectivity index (χ0v) is 18.8. The molecule has 2 N–H and O–H groups in total. The number of anilines is 3. The molecule has 0 radical (unpaired) electrons. The molecule has 1 unspecified atom stereocenters. The zero-order chi connectivity index (χ0) is 22.4. The van der Waals surface area contributed by atoms with E-state index in [2.05, 4.69) is 15.5 Å². The first-order chi connectivity index (χ1) is 16.1. The summed E-state index contributed by atoms with van der Waals surface area (Å²) in [5.74, 6) is 2.70. The Balaban J connectivity index is 1.28. The molecule has 1 atom stereocenters. The maximum absolute atomic E-state index is 13.2. The number of ketones is 1. The van der Waals surface area contributed by atoms with E-state index >= 15 is 0 Å². The molecule has 8 nitrogen and oxygen atoms in total.